The van der Waals surface area contributed by atoms with Crippen LogP contribution in [0.1, 0.15) is 15.9 Å². The van der Waals surface area contributed by atoms with E-state index in [0.29, 0.717) is 23.3 Å². The maximum atomic E-state index is 13.1. The van der Waals surface area contributed by atoms with E-state index >= 15 is 0 Å². The summed E-state index contributed by atoms with van der Waals surface area (Å²) in [5.41, 5.74) is 2.04. The van der Waals surface area contributed by atoms with Crippen LogP contribution >= 0.6 is 11.8 Å². The van der Waals surface area contributed by atoms with Crippen LogP contribution in [-0.4, -0.2) is 38.0 Å². The number of carbonyl (C=O) groups excluding carboxylic acids is 1. The summed E-state index contributed by atoms with van der Waals surface area (Å²) in [4.78, 5) is 23.7. The van der Waals surface area contributed by atoms with Crippen molar-refractivity contribution in [1.82, 2.24) is 14.9 Å². The van der Waals surface area contributed by atoms with E-state index < -0.39 is 4.92 Å². The topological polar surface area (TPSA) is 94.2 Å². The Kier molecular flexibility index (Phi) is 4.36. The second-order valence-corrected chi connectivity index (χ2v) is 7.08. The van der Waals surface area contributed by atoms with Crippen LogP contribution in [0.5, 0.6) is 0 Å². The van der Waals surface area contributed by atoms with Crippen molar-refractivity contribution >= 4 is 23.4 Å². The molecule has 0 N–H and O–H groups in total. The molecule has 0 spiro atoms. The van der Waals surface area contributed by atoms with Gasteiger partial charge in [0.25, 0.3) is 11.6 Å². The van der Waals surface area contributed by atoms with Crippen LogP contribution in [0, 0.1) is 17.0 Å². The molecule has 8 nitrogen and oxygen atoms in total. The zero-order chi connectivity index (χ0) is 19.0. The maximum Gasteiger partial charge on any atom is 0.273 e. The monoisotopic (exact) mass is 381 g/mol. The molecule has 1 aliphatic heterocycles. The van der Waals surface area contributed by atoms with Crippen molar-refractivity contribution in [3.05, 3.63) is 69.8 Å². The van der Waals surface area contributed by atoms with Gasteiger partial charge in [0.2, 0.25) is 5.16 Å². The molecule has 0 unspecified atom stereocenters. The number of nitrogens with zero attached hydrogens (tertiary/aromatic N) is 5. The summed E-state index contributed by atoms with van der Waals surface area (Å²) in [5, 5.41) is 21.7. The Hall–Kier alpha value is -3.20. The van der Waals surface area contributed by atoms with Crippen LogP contribution in [0.2, 0.25) is 0 Å². The zero-order valence-corrected chi connectivity index (χ0v) is 15.2. The largest absolute Gasteiger partial charge is 0.273 e. The molecular weight excluding hydrogens is 366 g/mol. The molecule has 2 aromatic carbocycles. The van der Waals surface area contributed by atoms with E-state index in [1.807, 2.05) is 31.2 Å². The molecule has 4 rings (SSSR count). The van der Waals surface area contributed by atoms with Crippen LogP contribution in [0.4, 0.5) is 5.69 Å². The van der Waals surface area contributed by atoms with Gasteiger partial charge in [-0.1, -0.05) is 42.1 Å². The maximum absolute atomic E-state index is 13.1. The van der Waals surface area contributed by atoms with Gasteiger partial charge in [-0.15, -0.1) is 10.2 Å². The third kappa shape index (κ3) is 3.06. The van der Waals surface area contributed by atoms with Crippen LogP contribution in [0.3, 0.4) is 0 Å². The third-order valence-corrected chi connectivity index (χ3v) is 5.21. The number of benzene rings is 2. The number of nitro groups is 1. The summed E-state index contributed by atoms with van der Waals surface area (Å²) < 4.78 is 1.71. The number of aryl methyl sites for hydroxylation is 1. The van der Waals surface area contributed by atoms with Gasteiger partial charge < -0.3 is 0 Å². The molecule has 27 heavy (non-hydrogen) atoms. The fraction of sp³-hybridized carbons (Fsp3) is 0.167. The van der Waals surface area contributed by atoms with Gasteiger partial charge in [0.05, 0.1) is 11.5 Å². The Morgan fingerprint density at radius 3 is 2.78 bits per heavy atom. The number of nitro benzene ring substituents is 1. The molecule has 0 atom stereocenters. The Balaban J connectivity index is 1.79. The van der Waals surface area contributed by atoms with Gasteiger partial charge in [-0.25, -0.2) is 9.69 Å². The Morgan fingerprint density at radius 2 is 2.00 bits per heavy atom. The number of hydrogen-bond acceptors (Lipinski definition) is 6. The first-order chi connectivity index (χ1) is 13.1. The molecule has 0 saturated carbocycles. The molecule has 2 heterocycles. The molecule has 3 aromatic rings. The van der Waals surface area contributed by atoms with Crippen LogP contribution in [0.25, 0.3) is 11.4 Å². The SMILES string of the molecule is Cc1ccccc1-c1nnc2n1N(C(=O)c1cccc([N+](=O)[O-])c1)CCS2. The minimum absolute atomic E-state index is 0.115. The lowest BCUT2D eigenvalue weighted by atomic mass is 10.1. The first-order valence-electron chi connectivity index (χ1n) is 8.27. The van der Waals surface area contributed by atoms with Gasteiger partial charge >= 0.3 is 0 Å². The predicted octanol–water partition coefficient (Wildman–Crippen LogP) is 3.05. The second kappa shape index (κ2) is 6.84. The van der Waals surface area contributed by atoms with Gasteiger partial charge in [0.15, 0.2) is 5.82 Å². The standard InChI is InChI=1S/C18H15N5O3S/c1-12-5-2-3-8-15(12)16-19-20-18-22(16)21(9-10-27-18)17(24)13-6-4-7-14(11-13)23(25)26/h2-8,11H,9-10H2,1H3. The third-order valence-electron chi connectivity index (χ3n) is 4.31. The van der Waals surface area contributed by atoms with E-state index in [1.54, 1.807) is 15.8 Å². The first-order valence-corrected chi connectivity index (χ1v) is 9.25. The summed E-state index contributed by atoms with van der Waals surface area (Å²) in [5.74, 6) is 0.927. The summed E-state index contributed by atoms with van der Waals surface area (Å²) in [7, 11) is 0. The number of carbonyl (C=O) groups is 1. The average Bonchev–Trinajstić information content (AvgIpc) is 3.12. The first kappa shape index (κ1) is 17.2. The molecular formula is C18H15N5O3S. The molecule has 9 heteroatoms. The summed E-state index contributed by atoms with van der Waals surface area (Å²) in [6.45, 7) is 2.43. The molecule has 0 radical (unpaired) electrons. The normalized spacial score (nSPS) is 13.3. The average molecular weight is 381 g/mol. The lowest BCUT2D eigenvalue weighted by Gasteiger charge is -2.29. The molecule has 136 valence electrons. The highest BCUT2D eigenvalue weighted by molar-refractivity contribution is 7.99. The molecule has 1 aromatic heterocycles. The number of hydrogen-bond donors (Lipinski definition) is 0. The number of amides is 1. The van der Waals surface area contributed by atoms with Crippen LogP contribution < -0.4 is 5.01 Å². The molecule has 1 aliphatic rings. The molecule has 0 fully saturated rings. The second-order valence-electron chi connectivity index (χ2n) is 6.02. The predicted molar refractivity (Wildman–Crippen MR) is 101 cm³/mol. The van der Waals surface area contributed by atoms with E-state index in [4.69, 9.17) is 0 Å². The summed E-state index contributed by atoms with van der Waals surface area (Å²) >= 11 is 1.52. The van der Waals surface area contributed by atoms with E-state index in [9.17, 15) is 14.9 Å². The van der Waals surface area contributed by atoms with Crippen molar-refractivity contribution in [1.29, 1.82) is 0 Å². The van der Waals surface area contributed by atoms with Crippen molar-refractivity contribution in [3.8, 4) is 11.4 Å². The van der Waals surface area contributed by atoms with Gasteiger partial charge in [-0.05, 0) is 18.6 Å². The summed E-state index contributed by atoms with van der Waals surface area (Å²) in [6.07, 6.45) is 0. The van der Waals surface area contributed by atoms with Gasteiger partial charge in [-0.2, -0.15) is 0 Å². The number of non-ortho nitro benzene ring substituents is 1. The van der Waals surface area contributed by atoms with Crippen molar-refractivity contribution in [2.24, 2.45) is 0 Å². The minimum Gasteiger partial charge on any atom is -0.267 e. The molecule has 0 aliphatic carbocycles. The number of rotatable bonds is 3. The van der Waals surface area contributed by atoms with Crippen molar-refractivity contribution < 1.29 is 9.72 Å². The number of aromatic nitrogens is 3. The fourth-order valence-electron chi connectivity index (χ4n) is 2.98. The highest BCUT2D eigenvalue weighted by Gasteiger charge is 2.29. The number of fused-ring (bicyclic) bond motifs is 1. The quantitative estimate of drug-likeness (QED) is 0.511. The van der Waals surface area contributed by atoms with Gasteiger partial charge in [-0.3, -0.25) is 14.9 Å². The van der Waals surface area contributed by atoms with E-state index in [-0.39, 0.29) is 17.2 Å². The lowest BCUT2D eigenvalue weighted by molar-refractivity contribution is -0.384. The van der Waals surface area contributed by atoms with E-state index in [0.717, 1.165) is 11.1 Å². The lowest BCUT2D eigenvalue weighted by Crippen LogP contribution is -2.45. The Bertz CT molecular complexity index is 1050. The summed E-state index contributed by atoms with van der Waals surface area (Å²) in [6, 6.07) is 13.5. The zero-order valence-electron chi connectivity index (χ0n) is 14.4. The Labute approximate surface area is 158 Å². The van der Waals surface area contributed by atoms with Gasteiger partial charge in [0, 0.05) is 29.0 Å². The number of thioether (sulfide) groups is 1. The van der Waals surface area contributed by atoms with Crippen molar-refractivity contribution in [2.75, 3.05) is 17.3 Å². The van der Waals surface area contributed by atoms with Crippen LogP contribution in [-0.2, 0) is 0 Å². The highest BCUT2D eigenvalue weighted by Crippen LogP contribution is 2.30. The van der Waals surface area contributed by atoms with Gasteiger partial charge in [0.1, 0.15) is 0 Å². The van der Waals surface area contributed by atoms with Crippen LogP contribution in [0.15, 0.2) is 53.7 Å². The van der Waals surface area contributed by atoms with E-state index in [2.05, 4.69) is 10.2 Å². The fourth-order valence-corrected chi connectivity index (χ4v) is 3.83. The van der Waals surface area contributed by atoms with Crippen molar-refractivity contribution in [2.45, 2.75) is 12.1 Å². The minimum atomic E-state index is -0.508. The molecule has 0 saturated heterocycles. The smallest absolute Gasteiger partial charge is 0.267 e. The Morgan fingerprint density at radius 1 is 1.19 bits per heavy atom. The molecule has 1 amide bonds. The highest BCUT2D eigenvalue weighted by atomic mass is 32.2. The molecule has 0 bridgehead atoms. The van der Waals surface area contributed by atoms with Crippen molar-refractivity contribution in [3.63, 3.8) is 0 Å². The van der Waals surface area contributed by atoms with E-state index in [1.165, 1.54) is 30.0 Å².